The first kappa shape index (κ1) is 17.3. The van der Waals surface area contributed by atoms with E-state index < -0.39 is 0 Å². The number of hydrogen-bond donors (Lipinski definition) is 1. The van der Waals surface area contributed by atoms with Crippen molar-refractivity contribution in [2.45, 2.75) is 19.3 Å². The van der Waals surface area contributed by atoms with Gasteiger partial charge in [-0.25, -0.2) is 9.50 Å². The van der Waals surface area contributed by atoms with Crippen molar-refractivity contribution in [3.63, 3.8) is 0 Å². The third-order valence-corrected chi connectivity index (χ3v) is 5.25. The molecule has 2 aromatic carbocycles. The zero-order valence-electron chi connectivity index (χ0n) is 15.6. The van der Waals surface area contributed by atoms with E-state index in [-0.39, 0.29) is 18.1 Å². The van der Waals surface area contributed by atoms with Crippen LogP contribution in [-0.4, -0.2) is 26.3 Å². The van der Waals surface area contributed by atoms with Crippen molar-refractivity contribution >= 4 is 23.0 Å². The SMILES string of the molecule is O=C(Cc1ccc(-c2ccn3ncnc3c2)cc1)Nc1ccc2c(c1)C(=O)CC2. The lowest BCUT2D eigenvalue weighted by molar-refractivity contribution is -0.115. The van der Waals surface area contributed by atoms with Crippen LogP contribution in [0.1, 0.15) is 27.9 Å². The van der Waals surface area contributed by atoms with Crippen LogP contribution >= 0.6 is 0 Å². The number of benzene rings is 2. The topological polar surface area (TPSA) is 76.4 Å². The molecular formula is C23H18N4O2. The minimum atomic E-state index is -0.104. The van der Waals surface area contributed by atoms with Gasteiger partial charge in [-0.05, 0) is 52.9 Å². The van der Waals surface area contributed by atoms with Crippen molar-refractivity contribution in [2.75, 3.05) is 5.32 Å². The molecule has 0 spiro atoms. The largest absolute Gasteiger partial charge is 0.326 e. The van der Waals surface area contributed by atoms with E-state index in [9.17, 15) is 9.59 Å². The van der Waals surface area contributed by atoms with E-state index in [1.165, 1.54) is 6.33 Å². The molecule has 142 valence electrons. The van der Waals surface area contributed by atoms with E-state index >= 15 is 0 Å². The van der Waals surface area contributed by atoms with Gasteiger partial charge in [0.05, 0.1) is 6.42 Å². The Morgan fingerprint density at radius 3 is 2.72 bits per heavy atom. The lowest BCUT2D eigenvalue weighted by Gasteiger charge is -2.08. The second-order valence-corrected chi connectivity index (χ2v) is 7.20. The second kappa shape index (κ2) is 6.98. The van der Waals surface area contributed by atoms with E-state index in [2.05, 4.69) is 15.4 Å². The lowest BCUT2D eigenvalue weighted by atomic mass is 10.0. The van der Waals surface area contributed by atoms with Gasteiger partial charge >= 0.3 is 0 Å². The van der Waals surface area contributed by atoms with Gasteiger partial charge in [0.25, 0.3) is 0 Å². The third-order valence-electron chi connectivity index (χ3n) is 5.25. The molecule has 5 rings (SSSR count). The van der Waals surface area contributed by atoms with Crippen LogP contribution in [0, 0.1) is 0 Å². The fraction of sp³-hybridized carbons (Fsp3) is 0.130. The smallest absolute Gasteiger partial charge is 0.228 e. The molecule has 0 radical (unpaired) electrons. The standard InChI is InChI=1S/C23H18N4O2/c28-21-8-6-17-5-7-19(13-20(17)21)26-23(29)11-15-1-3-16(4-2-15)18-9-10-27-22(12-18)24-14-25-27/h1-5,7,9-10,12-14H,6,8,11H2,(H,26,29). The predicted molar refractivity (Wildman–Crippen MR) is 110 cm³/mol. The van der Waals surface area contributed by atoms with Gasteiger partial charge in [0.2, 0.25) is 5.91 Å². The number of pyridine rings is 1. The molecule has 1 aliphatic carbocycles. The maximum atomic E-state index is 12.4. The normalized spacial score (nSPS) is 12.9. The Balaban J connectivity index is 1.27. The van der Waals surface area contributed by atoms with E-state index in [1.54, 1.807) is 10.6 Å². The summed E-state index contributed by atoms with van der Waals surface area (Å²) >= 11 is 0. The van der Waals surface area contributed by atoms with Crippen LogP contribution in [-0.2, 0) is 17.6 Å². The molecule has 1 amide bonds. The van der Waals surface area contributed by atoms with E-state index in [0.717, 1.165) is 39.9 Å². The molecule has 6 heteroatoms. The first-order valence-corrected chi connectivity index (χ1v) is 9.50. The highest BCUT2D eigenvalue weighted by molar-refractivity contribution is 6.02. The quantitative estimate of drug-likeness (QED) is 0.584. The molecule has 2 aromatic heterocycles. The van der Waals surface area contributed by atoms with Crippen LogP contribution in [0.25, 0.3) is 16.8 Å². The average molecular weight is 382 g/mol. The van der Waals surface area contributed by atoms with Gasteiger partial charge in [-0.1, -0.05) is 30.3 Å². The Morgan fingerprint density at radius 2 is 1.86 bits per heavy atom. The molecule has 1 aliphatic rings. The summed E-state index contributed by atoms with van der Waals surface area (Å²) in [5, 5.41) is 7.00. The molecule has 0 unspecified atom stereocenters. The maximum Gasteiger partial charge on any atom is 0.228 e. The number of carbonyl (C=O) groups excluding carboxylic acids is 2. The number of carbonyl (C=O) groups is 2. The van der Waals surface area contributed by atoms with Crippen molar-refractivity contribution in [1.29, 1.82) is 0 Å². The number of hydrogen-bond acceptors (Lipinski definition) is 4. The summed E-state index contributed by atoms with van der Waals surface area (Å²) in [6.45, 7) is 0. The highest BCUT2D eigenvalue weighted by Gasteiger charge is 2.19. The van der Waals surface area contributed by atoms with Crippen molar-refractivity contribution in [3.8, 4) is 11.1 Å². The highest BCUT2D eigenvalue weighted by Crippen LogP contribution is 2.25. The number of rotatable bonds is 4. The van der Waals surface area contributed by atoms with Crippen LogP contribution < -0.4 is 5.32 Å². The number of amides is 1. The molecular weight excluding hydrogens is 364 g/mol. The second-order valence-electron chi connectivity index (χ2n) is 7.20. The molecule has 2 heterocycles. The van der Waals surface area contributed by atoms with Crippen molar-refractivity contribution in [2.24, 2.45) is 0 Å². The van der Waals surface area contributed by atoms with E-state index in [1.807, 2.05) is 54.7 Å². The summed E-state index contributed by atoms with van der Waals surface area (Å²) in [4.78, 5) is 28.5. The number of fused-ring (bicyclic) bond motifs is 2. The number of aromatic nitrogens is 3. The molecule has 1 N–H and O–H groups in total. The summed E-state index contributed by atoms with van der Waals surface area (Å²) in [6, 6.07) is 17.4. The van der Waals surface area contributed by atoms with Crippen LogP contribution in [0.4, 0.5) is 5.69 Å². The number of anilines is 1. The Bertz CT molecular complexity index is 1240. The number of Topliss-reactive ketones (excluding diaryl/α,β-unsaturated/α-hetero) is 1. The summed E-state index contributed by atoms with van der Waals surface area (Å²) in [5.41, 5.74) is 6.28. The monoisotopic (exact) mass is 382 g/mol. The average Bonchev–Trinajstić information content (AvgIpc) is 3.35. The summed E-state index contributed by atoms with van der Waals surface area (Å²) in [5.74, 6) is 0.0454. The number of nitrogens with one attached hydrogen (secondary N) is 1. The lowest BCUT2D eigenvalue weighted by Crippen LogP contribution is -2.14. The Kier molecular flexibility index (Phi) is 4.17. The van der Waals surface area contributed by atoms with Gasteiger partial charge in [-0.15, -0.1) is 0 Å². The predicted octanol–water partition coefficient (Wildman–Crippen LogP) is 3.71. The summed E-state index contributed by atoms with van der Waals surface area (Å²) in [6.07, 6.45) is 5.02. The van der Waals surface area contributed by atoms with E-state index in [4.69, 9.17) is 0 Å². The number of nitrogens with zero attached hydrogens (tertiary/aromatic N) is 3. The molecule has 0 aliphatic heterocycles. The van der Waals surface area contributed by atoms with Gasteiger partial charge in [0, 0.05) is 23.9 Å². The fourth-order valence-electron chi connectivity index (χ4n) is 3.72. The molecule has 0 saturated heterocycles. The zero-order chi connectivity index (χ0) is 19.8. The Morgan fingerprint density at radius 1 is 1.00 bits per heavy atom. The van der Waals surface area contributed by atoms with E-state index in [0.29, 0.717) is 12.1 Å². The number of aryl methyl sites for hydroxylation is 1. The van der Waals surface area contributed by atoms with Gasteiger partial charge in [-0.2, -0.15) is 5.10 Å². The van der Waals surface area contributed by atoms with Gasteiger partial charge in [0.15, 0.2) is 11.4 Å². The van der Waals surface area contributed by atoms with Crippen LogP contribution in [0.3, 0.4) is 0 Å². The van der Waals surface area contributed by atoms with Crippen LogP contribution in [0.2, 0.25) is 0 Å². The molecule has 0 bridgehead atoms. The Hall–Kier alpha value is -3.80. The minimum Gasteiger partial charge on any atom is -0.326 e. The van der Waals surface area contributed by atoms with Gasteiger partial charge < -0.3 is 5.32 Å². The molecule has 4 aromatic rings. The van der Waals surface area contributed by atoms with Gasteiger partial charge in [0.1, 0.15) is 6.33 Å². The van der Waals surface area contributed by atoms with Crippen LogP contribution in [0.5, 0.6) is 0 Å². The van der Waals surface area contributed by atoms with Crippen molar-refractivity contribution < 1.29 is 9.59 Å². The first-order valence-electron chi connectivity index (χ1n) is 9.50. The zero-order valence-corrected chi connectivity index (χ0v) is 15.6. The van der Waals surface area contributed by atoms with Gasteiger partial charge in [-0.3, -0.25) is 9.59 Å². The molecule has 0 fully saturated rings. The summed E-state index contributed by atoms with van der Waals surface area (Å²) < 4.78 is 1.72. The summed E-state index contributed by atoms with van der Waals surface area (Å²) in [7, 11) is 0. The minimum absolute atomic E-state index is 0.104. The third kappa shape index (κ3) is 3.40. The molecule has 0 atom stereocenters. The molecule has 6 nitrogen and oxygen atoms in total. The number of ketones is 1. The maximum absolute atomic E-state index is 12.4. The first-order chi connectivity index (χ1) is 14.2. The molecule has 29 heavy (non-hydrogen) atoms. The highest BCUT2D eigenvalue weighted by atomic mass is 16.1. The van der Waals surface area contributed by atoms with Crippen LogP contribution in [0.15, 0.2) is 67.1 Å². The van der Waals surface area contributed by atoms with Crippen molar-refractivity contribution in [3.05, 3.63) is 83.8 Å². The van der Waals surface area contributed by atoms with Crippen molar-refractivity contribution in [1.82, 2.24) is 14.6 Å². The fourth-order valence-corrected chi connectivity index (χ4v) is 3.72. The molecule has 0 saturated carbocycles. The Labute approximate surface area is 167 Å².